The lowest BCUT2D eigenvalue weighted by molar-refractivity contribution is -0.142. The molecule has 1 amide bonds. The maximum Gasteiger partial charge on any atom is 0.435 e. The van der Waals surface area contributed by atoms with Crippen LogP contribution >= 0.6 is 0 Å². The van der Waals surface area contributed by atoms with Crippen molar-refractivity contribution in [3.8, 4) is 5.69 Å². The number of carbonyl (C=O) groups excluding carboxylic acids is 1. The highest BCUT2D eigenvalue weighted by molar-refractivity contribution is 5.67. The van der Waals surface area contributed by atoms with Gasteiger partial charge in [0.05, 0.1) is 11.9 Å². The number of ether oxygens (including phenoxy) is 1. The van der Waals surface area contributed by atoms with Crippen molar-refractivity contribution in [2.45, 2.75) is 39.1 Å². The van der Waals surface area contributed by atoms with Crippen LogP contribution in [-0.2, 0) is 17.5 Å². The number of halogens is 3. The van der Waals surface area contributed by atoms with E-state index in [0.29, 0.717) is 16.4 Å². The number of hydrogen-bond donors (Lipinski definition) is 1. The second-order valence-corrected chi connectivity index (χ2v) is 6.05. The third kappa shape index (κ3) is 4.71. The van der Waals surface area contributed by atoms with E-state index >= 15 is 0 Å². The summed E-state index contributed by atoms with van der Waals surface area (Å²) in [5.41, 5.74) is -0.629. The van der Waals surface area contributed by atoms with Gasteiger partial charge in [-0.3, -0.25) is 0 Å². The minimum atomic E-state index is -4.54. The Hall–Kier alpha value is -2.58. The highest BCUT2D eigenvalue weighted by Gasteiger charge is 2.36. The lowest BCUT2D eigenvalue weighted by atomic mass is 10.2. The maximum atomic E-state index is 12.8. The number of hydrogen-bond acceptors (Lipinski definition) is 4. The van der Waals surface area contributed by atoms with Gasteiger partial charge >= 0.3 is 12.3 Å². The summed E-state index contributed by atoms with van der Waals surface area (Å²) in [5, 5.41) is 9.32. The molecule has 1 N–H and O–H groups in total. The van der Waals surface area contributed by atoms with Gasteiger partial charge in [0, 0.05) is 6.54 Å². The molecule has 0 saturated heterocycles. The predicted octanol–water partition coefficient (Wildman–Crippen LogP) is 3.31. The molecule has 1 heterocycles. The smallest absolute Gasteiger partial charge is 0.435 e. The minimum absolute atomic E-state index is 0.193. The van der Waals surface area contributed by atoms with Crippen LogP contribution in [0.15, 0.2) is 30.5 Å². The first-order chi connectivity index (χ1) is 11.1. The van der Waals surface area contributed by atoms with Gasteiger partial charge in [-0.25, -0.2) is 9.48 Å². The van der Waals surface area contributed by atoms with Crippen LogP contribution in [0.1, 0.15) is 32.0 Å². The van der Waals surface area contributed by atoms with Crippen molar-refractivity contribution < 1.29 is 22.7 Å². The number of aromatic nitrogens is 3. The van der Waals surface area contributed by atoms with Gasteiger partial charge in [-0.15, -0.1) is 5.10 Å². The lowest BCUT2D eigenvalue weighted by Crippen LogP contribution is -2.32. The summed E-state index contributed by atoms with van der Waals surface area (Å²) >= 11 is 0. The number of carbonyl (C=O) groups is 1. The number of alkyl carbamates (subject to hydrolysis) is 1. The number of nitrogens with zero attached hydrogens (tertiary/aromatic N) is 3. The van der Waals surface area contributed by atoms with E-state index < -0.39 is 23.6 Å². The highest BCUT2D eigenvalue weighted by Crippen LogP contribution is 2.29. The van der Waals surface area contributed by atoms with Crippen LogP contribution in [0, 0.1) is 0 Å². The van der Waals surface area contributed by atoms with E-state index in [9.17, 15) is 18.0 Å². The predicted molar refractivity (Wildman–Crippen MR) is 79.4 cm³/mol. The quantitative estimate of drug-likeness (QED) is 0.929. The van der Waals surface area contributed by atoms with Crippen molar-refractivity contribution in [2.75, 3.05) is 0 Å². The number of alkyl halides is 3. The summed E-state index contributed by atoms with van der Waals surface area (Å²) in [4.78, 5) is 11.6. The summed E-state index contributed by atoms with van der Waals surface area (Å²) in [7, 11) is 0. The Morgan fingerprint density at radius 2 is 1.83 bits per heavy atom. The van der Waals surface area contributed by atoms with Crippen LogP contribution in [0.3, 0.4) is 0 Å². The summed E-state index contributed by atoms with van der Waals surface area (Å²) in [6.45, 7) is 5.44. The van der Waals surface area contributed by atoms with Gasteiger partial charge in [0.15, 0.2) is 5.69 Å². The van der Waals surface area contributed by atoms with Gasteiger partial charge in [0.25, 0.3) is 0 Å². The number of benzene rings is 1. The van der Waals surface area contributed by atoms with E-state index in [1.165, 1.54) is 12.1 Å². The van der Waals surface area contributed by atoms with Crippen LogP contribution in [0.25, 0.3) is 5.69 Å². The van der Waals surface area contributed by atoms with Crippen molar-refractivity contribution in [1.82, 2.24) is 20.3 Å². The molecule has 1 aromatic heterocycles. The molecule has 0 atom stereocenters. The second kappa shape index (κ2) is 6.50. The Morgan fingerprint density at radius 3 is 2.38 bits per heavy atom. The SMILES string of the molecule is CC(C)(C)OC(=O)NCc1ccc(-n2nncc2C(F)(F)F)cc1. The molecule has 0 aliphatic carbocycles. The molecule has 130 valence electrons. The summed E-state index contributed by atoms with van der Waals surface area (Å²) in [6, 6.07) is 6.12. The number of rotatable bonds is 3. The molecule has 0 bridgehead atoms. The Labute approximate surface area is 136 Å². The fourth-order valence-electron chi connectivity index (χ4n) is 1.86. The van der Waals surface area contributed by atoms with Crippen molar-refractivity contribution in [3.63, 3.8) is 0 Å². The van der Waals surface area contributed by atoms with Crippen molar-refractivity contribution in [3.05, 3.63) is 41.7 Å². The first-order valence-corrected chi connectivity index (χ1v) is 7.10. The molecule has 24 heavy (non-hydrogen) atoms. The van der Waals surface area contributed by atoms with Gasteiger partial charge in [-0.1, -0.05) is 17.3 Å². The van der Waals surface area contributed by atoms with Crippen LogP contribution in [0.4, 0.5) is 18.0 Å². The topological polar surface area (TPSA) is 69.0 Å². The molecular weight excluding hydrogens is 325 g/mol. The molecule has 0 spiro atoms. The van der Waals surface area contributed by atoms with Gasteiger partial charge < -0.3 is 10.1 Å². The fraction of sp³-hybridized carbons (Fsp3) is 0.400. The molecule has 1 aromatic carbocycles. The Bertz CT molecular complexity index is 703. The second-order valence-electron chi connectivity index (χ2n) is 6.05. The standard InChI is InChI=1S/C15H17F3N4O2/c1-14(2,3)24-13(23)19-8-10-4-6-11(7-5-10)22-12(9-20-21-22)15(16,17)18/h4-7,9H,8H2,1-3H3,(H,19,23). The third-order valence-corrected chi connectivity index (χ3v) is 2.86. The van der Waals surface area contributed by atoms with E-state index in [-0.39, 0.29) is 12.2 Å². The highest BCUT2D eigenvalue weighted by atomic mass is 19.4. The summed E-state index contributed by atoms with van der Waals surface area (Å²) in [5.74, 6) is 0. The van der Waals surface area contributed by atoms with E-state index in [2.05, 4.69) is 15.6 Å². The molecular formula is C15H17F3N4O2. The third-order valence-electron chi connectivity index (χ3n) is 2.86. The minimum Gasteiger partial charge on any atom is -0.444 e. The number of nitrogens with one attached hydrogen (secondary N) is 1. The molecule has 0 radical (unpaired) electrons. The normalized spacial score (nSPS) is 12.1. The zero-order valence-corrected chi connectivity index (χ0v) is 13.4. The van der Waals surface area contributed by atoms with Crippen LogP contribution in [0.5, 0.6) is 0 Å². The summed E-state index contributed by atoms with van der Waals surface area (Å²) in [6.07, 6.45) is -4.44. The molecule has 0 aliphatic heterocycles. The van der Waals surface area contributed by atoms with Crippen molar-refractivity contribution in [1.29, 1.82) is 0 Å². The molecule has 0 saturated carbocycles. The first kappa shape index (κ1) is 17.8. The molecule has 6 nitrogen and oxygen atoms in total. The fourth-order valence-corrected chi connectivity index (χ4v) is 1.86. The van der Waals surface area contributed by atoms with Crippen molar-refractivity contribution in [2.24, 2.45) is 0 Å². The molecule has 2 rings (SSSR count). The van der Waals surface area contributed by atoms with Crippen LogP contribution < -0.4 is 5.32 Å². The molecule has 0 aliphatic rings. The van der Waals surface area contributed by atoms with Gasteiger partial charge in [-0.05, 0) is 38.5 Å². The Morgan fingerprint density at radius 1 is 1.21 bits per heavy atom. The van der Waals surface area contributed by atoms with E-state index in [1.54, 1.807) is 32.9 Å². The monoisotopic (exact) mass is 342 g/mol. The zero-order valence-electron chi connectivity index (χ0n) is 13.4. The molecule has 2 aromatic rings. The average molecular weight is 342 g/mol. The first-order valence-electron chi connectivity index (χ1n) is 7.10. The largest absolute Gasteiger partial charge is 0.444 e. The van der Waals surface area contributed by atoms with E-state index in [4.69, 9.17) is 4.74 Å². The molecule has 0 fully saturated rings. The van der Waals surface area contributed by atoms with E-state index in [0.717, 1.165) is 0 Å². The van der Waals surface area contributed by atoms with Crippen molar-refractivity contribution >= 4 is 6.09 Å². The van der Waals surface area contributed by atoms with Crippen LogP contribution in [0.2, 0.25) is 0 Å². The zero-order chi connectivity index (χ0) is 18.0. The Balaban J connectivity index is 2.04. The lowest BCUT2D eigenvalue weighted by Gasteiger charge is -2.19. The van der Waals surface area contributed by atoms with Gasteiger partial charge in [0.2, 0.25) is 0 Å². The Kier molecular flexibility index (Phi) is 4.81. The number of amides is 1. The van der Waals surface area contributed by atoms with Crippen LogP contribution in [-0.4, -0.2) is 26.7 Å². The maximum absolute atomic E-state index is 12.8. The molecule has 0 unspecified atom stereocenters. The van der Waals surface area contributed by atoms with E-state index in [1.807, 2.05) is 0 Å². The van der Waals surface area contributed by atoms with Gasteiger partial charge in [0.1, 0.15) is 5.60 Å². The molecule has 9 heteroatoms. The average Bonchev–Trinajstić information content (AvgIpc) is 2.93. The van der Waals surface area contributed by atoms with Gasteiger partial charge in [-0.2, -0.15) is 13.2 Å². The summed E-state index contributed by atoms with van der Waals surface area (Å²) < 4.78 is 44.3.